The molecule has 0 heterocycles. The highest BCUT2D eigenvalue weighted by Gasteiger charge is 2.41. The predicted octanol–water partition coefficient (Wildman–Crippen LogP) is 10.4. The van der Waals surface area contributed by atoms with Gasteiger partial charge in [-0.2, -0.15) is 0 Å². The molecule has 0 rings (SSSR count). The lowest BCUT2D eigenvalue weighted by atomic mass is 9.58. The Morgan fingerprint density at radius 2 is 0.933 bits per heavy atom. The van der Waals surface area contributed by atoms with E-state index in [2.05, 4.69) is 96.9 Å². The Kier molecular flexibility index (Phi) is 13.5. The molecule has 10 unspecified atom stereocenters. The van der Waals surface area contributed by atoms with Gasteiger partial charge in [0.25, 0.3) is 0 Å². The average molecular weight is 423 g/mol. The second-order valence-electron chi connectivity index (χ2n) is 12.3. The monoisotopic (exact) mass is 422 g/mol. The quantitative estimate of drug-likeness (QED) is 0.230. The normalized spacial score (nSPS) is 23.7. The molecule has 0 saturated heterocycles. The minimum Gasteiger partial charge on any atom is -0.0654 e. The molecule has 0 aliphatic heterocycles. The van der Waals surface area contributed by atoms with Gasteiger partial charge in [0.2, 0.25) is 0 Å². The molecule has 30 heavy (non-hydrogen) atoms. The van der Waals surface area contributed by atoms with Crippen LogP contribution in [0, 0.1) is 64.6 Å². The number of hydrogen-bond donors (Lipinski definition) is 0. The standard InChI is InChI=1S/C30H62/c1-15-17-18-19-30(14,21(5)16-2)29(13)28(12)27(11)26(10)25(9)24(8)23(7)22(6)20(3)4/h20-29H,15-19H2,1-14H3. The Morgan fingerprint density at radius 1 is 0.533 bits per heavy atom. The Morgan fingerprint density at radius 3 is 1.30 bits per heavy atom. The van der Waals surface area contributed by atoms with E-state index in [4.69, 9.17) is 0 Å². The van der Waals surface area contributed by atoms with Crippen molar-refractivity contribution < 1.29 is 0 Å². The fourth-order valence-corrected chi connectivity index (χ4v) is 6.20. The first-order valence-corrected chi connectivity index (χ1v) is 13.8. The molecule has 0 amide bonds. The first kappa shape index (κ1) is 30.0. The van der Waals surface area contributed by atoms with E-state index in [1.807, 2.05) is 0 Å². The second kappa shape index (κ2) is 13.5. The maximum Gasteiger partial charge on any atom is -0.0272 e. The summed E-state index contributed by atoms with van der Waals surface area (Å²) in [6.45, 7) is 35.0. The molecule has 0 fully saturated rings. The summed E-state index contributed by atoms with van der Waals surface area (Å²) in [7, 11) is 0. The summed E-state index contributed by atoms with van der Waals surface area (Å²) in [6, 6.07) is 0. The van der Waals surface area contributed by atoms with Gasteiger partial charge in [0, 0.05) is 0 Å². The molecule has 0 aromatic heterocycles. The third kappa shape index (κ3) is 7.55. The van der Waals surface area contributed by atoms with E-state index in [1.54, 1.807) is 0 Å². The summed E-state index contributed by atoms with van der Waals surface area (Å²) in [4.78, 5) is 0. The zero-order valence-electron chi connectivity index (χ0n) is 23.8. The Bertz CT molecular complexity index is 437. The van der Waals surface area contributed by atoms with Gasteiger partial charge in [0.05, 0.1) is 0 Å². The molecule has 182 valence electrons. The van der Waals surface area contributed by atoms with Crippen LogP contribution in [0.25, 0.3) is 0 Å². The third-order valence-electron chi connectivity index (χ3n) is 10.9. The molecule has 0 radical (unpaired) electrons. The molecule has 0 nitrogen and oxygen atoms in total. The first-order valence-electron chi connectivity index (χ1n) is 13.8. The summed E-state index contributed by atoms with van der Waals surface area (Å²) in [5.41, 5.74) is 0.464. The smallest absolute Gasteiger partial charge is 0.0272 e. The van der Waals surface area contributed by atoms with Crippen molar-refractivity contribution in [2.75, 3.05) is 0 Å². The van der Waals surface area contributed by atoms with Crippen LogP contribution in [0.15, 0.2) is 0 Å². The maximum atomic E-state index is 2.62. The zero-order chi connectivity index (χ0) is 23.8. The molecule has 0 saturated carbocycles. The highest BCUT2D eigenvalue weighted by molar-refractivity contribution is 4.90. The minimum atomic E-state index is 0.464. The lowest BCUT2D eigenvalue weighted by Crippen LogP contribution is -2.40. The topological polar surface area (TPSA) is 0 Å². The highest BCUT2D eigenvalue weighted by Crippen LogP contribution is 2.49. The molecule has 0 aliphatic rings. The molecular weight excluding hydrogens is 360 g/mol. The minimum absolute atomic E-state index is 0.464. The van der Waals surface area contributed by atoms with Gasteiger partial charge in [-0.05, 0) is 71.0 Å². The average Bonchev–Trinajstić information content (AvgIpc) is 2.73. The van der Waals surface area contributed by atoms with Crippen molar-refractivity contribution in [1.82, 2.24) is 0 Å². The van der Waals surface area contributed by atoms with Gasteiger partial charge in [0.1, 0.15) is 0 Å². The van der Waals surface area contributed by atoms with E-state index in [1.165, 1.54) is 32.1 Å². The van der Waals surface area contributed by atoms with Crippen molar-refractivity contribution in [1.29, 1.82) is 0 Å². The number of rotatable bonds is 15. The van der Waals surface area contributed by atoms with Gasteiger partial charge in [0.15, 0.2) is 0 Å². The maximum absolute atomic E-state index is 2.62. The summed E-state index contributed by atoms with van der Waals surface area (Å²) < 4.78 is 0. The van der Waals surface area contributed by atoms with Crippen LogP contribution in [0.5, 0.6) is 0 Å². The van der Waals surface area contributed by atoms with E-state index >= 15 is 0 Å². The lowest BCUT2D eigenvalue weighted by molar-refractivity contribution is 0.0162. The summed E-state index contributed by atoms with van der Waals surface area (Å²) in [5, 5.41) is 0. The van der Waals surface area contributed by atoms with Gasteiger partial charge >= 0.3 is 0 Å². The summed E-state index contributed by atoms with van der Waals surface area (Å²) in [6.07, 6.45) is 6.82. The number of hydrogen-bond acceptors (Lipinski definition) is 0. The molecule has 0 spiro atoms. The fourth-order valence-electron chi connectivity index (χ4n) is 6.20. The molecule has 0 N–H and O–H groups in total. The van der Waals surface area contributed by atoms with Crippen molar-refractivity contribution in [2.45, 2.75) is 129 Å². The third-order valence-corrected chi connectivity index (χ3v) is 10.9. The SMILES string of the molecule is CCCCCC(C)(C(C)CC)C(C)C(C)C(C)C(C)C(C)C(C)C(C)C(C)C(C)C. The summed E-state index contributed by atoms with van der Waals surface area (Å²) in [5.74, 6) is 7.83. The van der Waals surface area contributed by atoms with E-state index in [-0.39, 0.29) is 0 Å². The Balaban J connectivity index is 5.38. The summed E-state index contributed by atoms with van der Waals surface area (Å²) >= 11 is 0. The van der Waals surface area contributed by atoms with Crippen LogP contribution in [0.3, 0.4) is 0 Å². The van der Waals surface area contributed by atoms with Crippen LogP contribution in [0.4, 0.5) is 0 Å². The Labute approximate surface area is 193 Å². The zero-order valence-corrected chi connectivity index (χ0v) is 23.8. The molecular formula is C30H62. The van der Waals surface area contributed by atoms with Crippen molar-refractivity contribution in [3.8, 4) is 0 Å². The Hall–Kier alpha value is 0. The lowest BCUT2D eigenvalue weighted by Gasteiger charge is -2.47. The number of unbranched alkanes of at least 4 members (excludes halogenated alkanes) is 2. The molecule has 0 aromatic rings. The van der Waals surface area contributed by atoms with E-state index in [9.17, 15) is 0 Å². The van der Waals surface area contributed by atoms with Crippen LogP contribution in [-0.2, 0) is 0 Å². The van der Waals surface area contributed by atoms with Crippen LogP contribution in [-0.4, -0.2) is 0 Å². The fraction of sp³-hybridized carbons (Fsp3) is 1.00. The molecule has 0 aliphatic carbocycles. The predicted molar refractivity (Wildman–Crippen MR) is 140 cm³/mol. The van der Waals surface area contributed by atoms with Crippen molar-refractivity contribution in [2.24, 2.45) is 64.6 Å². The van der Waals surface area contributed by atoms with Crippen molar-refractivity contribution in [3.05, 3.63) is 0 Å². The van der Waals surface area contributed by atoms with E-state index in [0.717, 1.165) is 59.2 Å². The van der Waals surface area contributed by atoms with E-state index < -0.39 is 0 Å². The molecule has 0 heteroatoms. The van der Waals surface area contributed by atoms with E-state index in [0.29, 0.717) is 5.41 Å². The van der Waals surface area contributed by atoms with Crippen LogP contribution >= 0.6 is 0 Å². The van der Waals surface area contributed by atoms with Gasteiger partial charge in [-0.1, -0.05) is 123 Å². The largest absolute Gasteiger partial charge is 0.0654 e. The van der Waals surface area contributed by atoms with Gasteiger partial charge in [-0.3, -0.25) is 0 Å². The van der Waals surface area contributed by atoms with Crippen LogP contribution in [0.2, 0.25) is 0 Å². The van der Waals surface area contributed by atoms with Crippen molar-refractivity contribution in [3.63, 3.8) is 0 Å². The van der Waals surface area contributed by atoms with Gasteiger partial charge in [-0.25, -0.2) is 0 Å². The van der Waals surface area contributed by atoms with Crippen LogP contribution in [0.1, 0.15) is 129 Å². The van der Waals surface area contributed by atoms with Gasteiger partial charge in [-0.15, -0.1) is 0 Å². The van der Waals surface area contributed by atoms with Crippen LogP contribution < -0.4 is 0 Å². The highest BCUT2D eigenvalue weighted by atomic mass is 14.5. The molecule has 0 aromatic carbocycles. The van der Waals surface area contributed by atoms with Gasteiger partial charge < -0.3 is 0 Å². The second-order valence-corrected chi connectivity index (χ2v) is 12.3. The molecule has 10 atom stereocenters. The van der Waals surface area contributed by atoms with Crippen molar-refractivity contribution >= 4 is 0 Å². The first-order chi connectivity index (χ1) is 13.8. The molecule has 0 bridgehead atoms.